The first-order chi connectivity index (χ1) is 11.9. The monoisotopic (exact) mass is 400 g/mol. The van der Waals surface area contributed by atoms with Crippen LogP contribution >= 0.6 is 22.9 Å². The van der Waals surface area contributed by atoms with Gasteiger partial charge in [0, 0.05) is 35.1 Å². The normalized spacial score (nSPS) is 14.8. The number of nitrogens with one attached hydrogen (secondary N) is 2. The molecule has 1 aliphatic heterocycles. The van der Waals surface area contributed by atoms with Crippen molar-refractivity contribution in [2.75, 3.05) is 22.9 Å². The van der Waals surface area contributed by atoms with Gasteiger partial charge in [-0.05, 0) is 25.1 Å². The third kappa shape index (κ3) is 4.30. The number of nitrogens with zero attached hydrogens (tertiary/aromatic N) is 2. The van der Waals surface area contributed by atoms with Gasteiger partial charge in [0.2, 0.25) is 10.0 Å². The molecule has 0 bridgehead atoms. The summed E-state index contributed by atoms with van der Waals surface area (Å²) < 4.78 is 25.5. The zero-order chi connectivity index (χ0) is 18.0. The van der Waals surface area contributed by atoms with Crippen molar-refractivity contribution in [3.05, 3.63) is 39.9 Å². The van der Waals surface area contributed by atoms with E-state index in [2.05, 4.69) is 15.6 Å². The Morgan fingerprint density at radius 3 is 2.92 bits per heavy atom. The summed E-state index contributed by atoms with van der Waals surface area (Å²) in [6, 6.07) is 6.40. The molecule has 2 aromatic rings. The van der Waals surface area contributed by atoms with E-state index < -0.39 is 16.1 Å². The van der Waals surface area contributed by atoms with Crippen molar-refractivity contribution in [3.63, 3.8) is 0 Å². The third-order valence-corrected chi connectivity index (χ3v) is 6.82. The number of carbonyl (C=O) groups is 1. The zero-order valence-corrected chi connectivity index (χ0v) is 15.8. The molecule has 1 aliphatic rings. The van der Waals surface area contributed by atoms with E-state index in [-0.39, 0.29) is 5.75 Å². The lowest BCUT2D eigenvalue weighted by atomic mass is 10.2. The number of rotatable bonds is 4. The number of carbonyl (C=O) groups excluding carboxylic acids is 1. The molecule has 2 heterocycles. The quantitative estimate of drug-likeness (QED) is 0.824. The second-order valence-electron chi connectivity index (χ2n) is 5.46. The van der Waals surface area contributed by atoms with E-state index in [1.807, 2.05) is 0 Å². The molecule has 0 aliphatic carbocycles. The smallest absolute Gasteiger partial charge is 0.308 e. The van der Waals surface area contributed by atoms with Crippen LogP contribution in [0, 0.1) is 0 Å². The molecule has 0 atom stereocenters. The van der Waals surface area contributed by atoms with Gasteiger partial charge in [0.15, 0.2) is 5.13 Å². The Bertz CT molecular complexity index is 898. The van der Waals surface area contributed by atoms with Crippen molar-refractivity contribution in [2.24, 2.45) is 0 Å². The first-order valence-electron chi connectivity index (χ1n) is 7.67. The molecule has 0 saturated heterocycles. The van der Waals surface area contributed by atoms with Crippen molar-refractivity contribution in [2.45, 2.75) is 19.9 Å². The molecule has 2 N–H and O–H groups in total. The maximum atomic E-state index is 12.1. The average Bonchev–Trinajstić information content (AvgIpc) is 2.95. The van der Waals surface area contributed by atoms with Crippen LogP contribution < -0.4 is 10.6 Å². The lowest BCUT2D eigenvalue weighted by Gasteiger charge is -2.24. The van der Waals surface area contributed by atoms with Gasteiger partial charge in [-0.25, -0.2) is 18.2 Å². The van der Waals surface area contributed by atoms with Gasteiger partial charge in [0.05, 0.1) is 11.4 Å². The molecular weight excluding hydrogens is 384 g/mol. The van der Waals surface area contributed by atoms with E-state index in [1.165, 1.54) is 15.6 Å². The van der Waals surface area contributed by atoms with Gasteiger partial charge >= 0.3 is 6.03 Å². The zero-order valence-electron chi connectivity index (χ0n) is 13.5. The highest BCUT2D eigenvalue weighted by atomic mass is 35.5. The van der Waals surface area contributed by atoms with Gasteiger partial charge in [0.1, 0.15) is 0 Å². The predicted octanol–water partition coefficient (Wildman–Crippen LogP) is 3.15. The Morgan fingerprint density at radius 2 is 2.20 bits per heavy atom. The van der Waals surface area contributed by atoms with Crippen LogP contribution in [0.4, 0.5) is 15.6 Å². The lowest BCUT2D eigenvalue weighted by Crippen LogP contribution is -2.36. The number of aromatic nitrogens is 1. The van der Waals surface area contributed by atoms with E-state index in [0.717, 1.165) is 10.6 Å². The molecule has 2 amide bonds. The lowest BCUT2D eigenvalue weighted by molar-refractivity contribution is 0.262. The van der Waals surface area contributed by atoms with Crippen molar-refractivity contribution >= 4 is 49.8 Å². The number of halogens is 1. The second kappa shape index (κ2) is 7.28. The van der Waals surface area contributed by atoms with Crippen LogP contribution in [0.25, 0.3) is 0 Å². The minimum Gasteiger partial charge on any atom is -0.308 e. The molecular formula is C15H17ClN4O3S2. The van der Waals surface area contributed by atoms with Gasteiger partial charge in [-0.2, -0.15) is 4.31 Å². The fourth-order valence-electron chi connectivity index (χ4n) is 2.47. The summed E-state index contributed by atoms with van der Waals surface area (Å²) >= 11 is 7.18. The highest BCUT2D eigenvalue weighted by Gasteiger charge is 2.28. The summed E-state index contributed by atoms with van der Waals surface area (Å²) in [6.45, 7) is 2.35. The fraction of sp³-hybridized carbons (Fsp3) is 0.333. The van der Waals surface area contributed by atoms with Crippen LogP contribution in [-0.4, -0.2) is 36.0 Å². The van der Waals surface area contributed by atoms with E-state index in [9.17, 15) is 13.2 Å². The van der Waals surface area contributed by atoms with Gasteiger partial charge < -0.3 is 5.32 Å². The molecule has 10 heteroatoms. The number of benzene rings is 1. The number of sulfonamides is 1. The van der Waals surface area contributed by atoms with Crippen LogP contribution in [0.15, 0.2) is 24.3 Å². The van der Waals surface area contributed by atoms with E-state index in [4.69, 9.17) is 11.6 Å². The van der Waals surface area contributed by atoms with Crippen molar-refractivity contribution in [1.82, 2.24) is 9.29 Å². The second-order valence-corrected chi connectivity index (χ2v) is 9.24. The molecule has 1 aromatic carbocycles. The van der Waals surface area contributed by atoms with Crippen LogP contribution in [0.3, 0.4) is 0 Å². The maximum Gasteiger partial charge on any atom is 0.325 e. The summed E-state index contributed by atoms with van der Waals surface area (Å²) in [7, 11) is -3.22. The summed E-state index contributed by atoms with van der Waals surface area (Å²) in [5, 5.41) is 6.33. The Kier molecular flexibility index (Phi) is 5.28. The Balaban J connectivity index is 1.67. The Labute approximate surface area is 155 Å². The Morgan fingerprint density at radius 1 is 1.40 bits per heavy atom. The van der Waals surface area contributed by atoms with Crippen LogP contribution in [0.2, 0.25) is 5.02 Å². The van der Waals surface area contributed by atoms with Crippen LogP contribution in [-0.2, 0) is 23.0 Å². The average molecular weight is 401 g/mol. The molecule has 25 heavy (non-hydrogen) atoms. The molecule has 0 spiro atoms. The molecule has 134 valence electrons. The van der Waals surface area contributed by atoms with Crippen molar-refractivity contribution < 1.29 is 13.2 Å². The molecule has 0 fully saturated rings. The highest BCUT2D eigenvalue weighted by Crippen LogP contribution is 2.29. The molecule has 0 saturated carbocycles. The van der Waals surface area contributed by atoms with Crippen molar-refractivity contribution in [3.8, 4) is 0 Å². The molecule has 3 rings (SSSR count). The summed E-state index contributed by atoms with van der Waals surface area (Å²) in [5.74, 6) is 0.0777. The van der Waals surface area contributed by atoms with Gasteiger partial charge in [0.25, 0.3) is 0 Å². The topological polar surface area (TPSA) is 91.4 Å². The minimum atomic E-state index is -3.22. The molecule has 0 unspecified atom stereocenters. The third-order valence-electron chi connectivity index (χ3n) is 3.76. The first-order valence-corrected chi connectivity index (χ1v) is 10.5. The highest BCUT2D eigenvalue weighted by molar-refractivity contribution is 7.89. The number of hydrogen-bond donors (Lipinski definition) is 2. The fourth-order valence-corrected chi connectivity index (χ4v) is 4.82. The van der Waals surface area contributed by atoms with E-state index >= 15 is 0 Å². The number of anilines is 2. The number of thiazole rings is 1. The van der Waals surface area contributed by atoms with E-state index in [0.29, 0.717) is 35.4 Å². The maximum absolute atomic E-state index is 12.1. The number of fused-ring (bicyclic) bond motifs is 1. The summed E-state index contributed by atoms with van der Waals surface area (Å²) in [4.78, 5) is 17.3. The number of hydrogen-bond acceptors (Lipinski definition) is 5. The minimum absolute atomic E-state index is 0.0777. The molecule has 0 radical (unpaired) electrons. The molecule has 1 aromatic heterocycles. The largest absolute Gasteiger partial charge is 0.325 e. The van der Waals surface area contributed by atoms with Gasteiger partial charge in [-0.3, -0.25) is 5.32 Å². The van der Waals surface area contributed by atoms with Crippen LogP contribution in [0.1, 0.15) is 17.5 Å². The molecule has 7 nitrogen and oxygen atoms in total. The first kappa shape index (κ1) is 18.1. The predicted molar refractivity (Wildman–Crippen MR) is 99.8 cm³/mol. The summed E-state index contributed by atoms with van der Waals surface area (Å²) in [5.41, 5.74) is 1.41. The van der Waals surface area contributed by atoms with E-state index in [1.54, 1.807) is 31.2 Å². The standard InChI is InChI=1S/C15H17ClN4O3S2/c1-2-25(22,23)20-7-6-12-13(9-20)24-15(18-12)19-14(21)17-11-5-3-4-10(16)8-11/h3-5,8H,2,6-7,9H2,1H3,(H2,17,18,19,21). The Hall–Kier alpha value is -1.68. The number of urea groups is 1. The van der Waals surface area contributed by atoms with Crippen molar-refractivity contribution in [1.29, 1.82) is 0 Å². The summed E-state index contributed by atoms with van der Waals surface area (Å²) in [6.07, 6.45) is 0.544. The van der Waals surface area contributed by atoms with Crippen LogP contribution in [0.5, 0.6) is 0 Å². The number of amides is 2. The SMILES string of the molecule is CCS(=O)(=O)N1CCc2nc(NC(=O)Nc3cccc(Cl)c3)sc2C1. The van der Waals surface area contributed by atoms with Gasteiger partial charge in [-0.1, -0.05) is 29.0 Å². The van der Waals surface area contributed by atoms with Gasteiger partial charge in [-0.15, -0.1) is 0 Å².